The normalized spacial score (nSPS) is 12.5. The number of nitrogens with zero attached hydrogens (tertiary/aromatic N) is 1. The molecule has 0 bridgehead atoms. The van der Waals surface area contributed by atoms with Crippen LogP contribution in [-0.4, -0.2) is 11.5 Å². The summed E-state index contributed by atoms with van der Waals surface area (Å²) in [6, 6.07) is 14.5. The Hall–Kier alpha value is -1.38. The maximum absolute atomic E-state index is 6.03. The molecule has 0 saturated heterocycles. The molecule has 0 aliphatic carbocycles. The lowest BCUT2D eigenvalue weighted by Crippen LogP contribution is -2.82. The second kappa shape index (κ2) is 9.69. The molecule has 124 valence electrons. The molecule has 1 atom stereocenters. The Kier molecular flexibility index (Phi) is 7.57. The summed E-state index contributed by atoms with van der Waals surface area (Å²) in [7, 11) is 0. The summed E-state index contributed by atoms with van der Waals surface area (Å²) < 4.78 is 0. The number of quaternary nitrogens is 1. The molecule has 0 aliphatic heterocycles. The molecule has 0 aliphatic rings. The van der Waals surface area contributed by atoms with Crippen molar-refractivity contribution in [2.75, 3.05) is 6.54 Å². The van der Waals surface area contributed by atoms with Crippen molar-refractivity contribution in [3.05, 3.63) is 64.9 Å². The Bertz CT molecular complexity index is 552. The number of halogens is 1. The van der Waals surface area contributed by atoms with Gasteiger partial charge in [-0.05, 0) is 48.1 Å². The van der Waals surface area contributed by atoms with Gasteiger partial charge in [0.05, 0.1) is 12.2 Å². The van der Waals surface area contributed by atoms with Crippen LogP contribution in [0.1, 0.15) is 50.3 Å². The number of rotatable bonds is 9. The van der Waals surface area contributed by atoms with Crippen molar-refractivity contribution in [3.8, 4) is 0 Å². The van der Waals surface area contributed by atoms with Gasteiger partial charge in [-0.15, -0.1) is 0 Å². The zero-order valence-electron chi connectivity index (χ0n) is 14.2. The molecule has 2 rings (SSSR count). The molecule has 0 radical (unpaired) electrons. The summed E-state index contributed by atoms with van der Waals surface area (Å²) in [5.74, 6) is 1.37. The highest BCUT2D eigenvalue weighted by atomic mass is 35.5. The molecule has 1 aromatic heterocycles. The van der Waals surface area contributed by atoms with E-state index in [1.165, 1.54) is 24.8 Å². The summed E-state index contributed by atoms with van der Waals surface area (Å²) in [6.07, 6.45) is 5.58. The van der Waals surface area contributed by atoms with E-state index in [2.05, 4.69) is 48.4 Å². The van der Waals surface area contributed by atoms with Gasteiger partial charge in [-0.3, -0.25) is 4.98 Å². The van der Waals surface area contributed by atoms with Crippen LogP contribution in [0.2, 0.25) is 5.02 Å². The van der Waals surface area contributed by atoms with Gasteiger partial charge in [-0.25, -0.2) is 0 Å². The van der Waals surface area contributed by atoms with Gasteiger partial charge >= 0.3 is 0 Å². The summed E-state index contributed by atoms with van der Waals surface area (Å²) >= 11 is 6.03. The smallest absolute Gasteiger partial charge is 0.118 e. The molecule has 0 fully saturated rings. The monoisotopic (exact) mass is 331 g/mol. The number of hydrogen-bond donors (Lipinski definition) is 1. The molecule has 1 heterocycles. The standard InChI is InChI=1S/C20H27ClN2/c1-16(2)6-7-18(17-8-10-19(21)11-9-17)12-14-22-15-20-5-3-4-13-23-20/h3-5,8-11,13,16,18,22H,6-7,12,14-15H2,1-2H3/p+1/t18-/m1/s1. The lowest BCUT2D eigenvalue weighted by molar-refractivity contribution is -0.671. The zero-order chi connectivity index (χ0) is 16.5. The van der Waals surface area contributed by atoms with Gasteiger partial charge < -0.3 is 5.32 Å². The van der Waals surface area contributed by atoms with Gasteiger partial charge in [0.1, 0.15) is 6.54 Å². The Labute approximate surface area is 145 Å². The van der Waals surface area contributed by atoms with E-state index < -0.39 is 0 Å². The second-order valence-corrected chi connectivity index (χ2v) is 7.05. The average molecular weight is 332 g/mol. The van der Waals surface area contributed by atoms with Crippen LogP contribution in [0.5, 0.6) is 0 Å². The predicted octanol–water partition coefficient (Wildman–Crippen LogP) is 4.41. The van der Waals surface area contributed by atoms with Crippen molar-refractivity contribution in [1.82, 2.24) is 4.98 Å². The first-order valence-electron chi connectivity index (χ1n) is 8.62. The van der Waals surface area contributed by atoms with Crippen molar-refractivity contribution >= 4 is 11.6 Å². The fourth-order valence-electron chi connectivity index (χ4n) is 2.83. The maximum atomic E-state index is 6.03. The van der Waals surface area contributed by atoms with Crippen LogP contribution in [0.25, 0.3) is 0 Å². The van der Waals surface area contributed by atoms with E-state index in [0.717, 1.165) is 29.7 Å². The van der Waals surface area contributed by atoms with Crippen LogP contribution in [0.15, 0.2) is 48.7 Å². The molecular formula is C20H28ClN2+. The highest BCUT2D eigenvalue weighted by Crippen LogP contribution is 2.27. The number of nitrogens with two attached hydrogens (primary N) is 1. The average Bonchev–Trinajstić information content (AvgIpc) is 2.56. The van der Waals surface area contributed by atoms with Gasteiger partial charge in [0.15, 0.2) is 0 Å². The molecule has 2 N–H and O–H groups in total. The van der Waals surface area contributed by atoms with Gasteiger partial charge in [0.2, 0.25) is 0 Å². The SMILES string of the molecule is CC(C)CC[C@H](CC[NH2+]Cc1ccccn1)c1ccc(Cl)cc1. The molecule has 0 unspecified atom stereocenters. The Balaban J connectivity index is 1.85. The lowest BCUT2D eigenvalue weighted by atomic mass is 9.89. The Morgan fingerprint density at radius 1 is 1.00 bits per heavy atom. The molecule has 2 aromatic rings. The van der Waals surface area contributed by atoms with Crippen molar-refractivity contribution in [2.45, 2.75) is 45.6 Å². The maximum Gasteiger partial charge on any atom is 0.118 e. The summed E-state index contributed by atoms with van der Waals surface area (Å²) in [5, 5.41) is 3.18. The van der Waals surface area contributed by atoms with E-state index in [0.29, 0.717) is 5.92 Å². The van der Waals surface area contributed by atoms with E-state index in [9.17, 15) is 0 Å². The zero-order valence-corrected chi connectivity index (χ0v) is 15.0. The number of aromatic nitrogens is 1. The largest absolute Gasteiger partial charge is 0.341 e. The van der Waals surface area contributed by atoms with E-state index in [4.69, 9.17) is 11.6 Å². The van der Waals surface area contributed by atoms with Crippen LogP contribution < -0.4 is 5.32 Å². The predicted molar refractivity (Wildman–Crippen MR) is 97.6 cm³/mol. The van der Waals surface area contributed by atoms with Crippen LogP contribution in [-0.2, 0) is 6.54 Å². The molecule has 23 heavy (non-hydrogen) atoms. The summed E-state index contributed by atoms with van der Waals surface area (Å²) in [6.45, 7) is 6.68. The van der Waals surface area contributed by atoms with Gasteiger partial charge in [-0.2, -0.15) is 0 Å². The van der Waals surface area contributed by atoms with Gasteiger partial charge in [0.25, 0.3) is 0 Å². The van der Waals surface area contributed by atoms with Crippen molar-refractivity contribution in [2.24, 2.45) is 5.92 Å². The Morgan fingerprint density at radius 3 is 2.43 bits per heavy atom. The van der Waals surface area contributed by atoms with Gasteiger partial charge in [-0.1, -0.05) is 50.1 Å². The van der Waals surface area contributed by atoms with Crippen molar-refractivity contribution in [3.63, 3.8) is 0 Å². The molecular weight excluding hydrogens is 304 g/mol. The molecule has 0 spiro atoms. The quantitative estimate of drug-likeness (QED) is 0.678. The first-order valence-corrected chi connectivity index (χ1v) is 9.00. The minimum Gasteiger partial charge on any atom is -0.341 e. The molecule has 0 amide bonds. The molecule has 2 nitrogen and oxygen atoms in total. The van der Waals surface area contributed by atoms with Crippen LogP contribution in [0.4, 0.5) is 0 Å². The van der Waals surface area contributed by atoms with E-state index in [1.807, 2.05) is 24.4 Å². The van der Waals surface area contributed by atoms with E-state index in [-0.39, 0.29) is 0 Å². The first kappa shape index (κ1) is 18.0. The van der Waals surface area contributed by atoms with Crippen molar-refractivity contribution < 1.29 is 5.32 Å². The number of pyridine rings is 1. The third-order valence-corrected chi connectivity index (χ3v) is 4.48. The van der Waals surface area contributed by atoms with Crippen LogP contribution in [0.3, 0.4) is 0 Å². The third kappa shape index (κ3) is 6.72. The number of benzene rings is 1. The fraction of sp³-hybridized carbons (Fsp3) is 0.450. The fourth-order valence-corrected chi connectivity index (χ4v) is 2.96. The molecule has 0 saturated carbocycles. The number of hydrogen-bond acceptors (Lipinski definition) is 1. The second-order valence-electron chi connectivity index (χ2n) is 6.61. The van der Waals surface area contributed by atoms with Gasteiger partial charge in [0, 0.05) is 17.6 Å². The molecule has 3 heteroatoms. The Morgan fingerprint density at radius 2 is 1.78 bits per heavy atom. The minimum atomic E-state index is 0.620. The third-order valence-electron chi connectivity index (χ3n) is 4.23. The lowest BCUT2D eigenvalue weighted by Gasteiger charge is -2.18. The molecule has 1 aromatic carbocycles. The van der Waals surface area contributed by atoms with Crippen LogP contribution in [0, 0.1) is 5.92 Å². The summed E-state index contributed by atoms with van der Waals surface area (Å²) in [4.78, 5) is 4.38. The first-order chi connectivity index (χ1) is 11.1. The highest BCUT2D eigenvalue weighted by molar-refractivity contribution is 6.30. The highest BCUT2D eigenvalue weighted by Gasteiger charge is 2.13. The minimum absolute atomic E-state index is 0.620. The van der Waals surface area contributed by atoms with E-state index >= 15 is 0 Å². The van der Waals surface area contributed by atoms with Crippen molar-refractivity contribution in [1.29, 1.82) is 0 Å². The topological polar surface area (TPSA) is 29.5 Å². The summed E-state index contributed by atoms with van der Waals surface area (Å²) in [5.41, 5.74) is 2.57. The van der Waals surface area contributed by atoms with Crippen LogP contribution >= 0.6 is 11.6 Å². The van der Waals surface area contributed by atoms with E-state index in [1.54, 1.807) is 0 Å².